The molecule has 0 amide bonds. The van der Waals surface area contributed by atoms with Crippen LogP contribution in [0.25, 0.3) is 21.9 Å². The molecule has 6 rings (SSSR count). The number of nitriles is 1. The predicted molar refractivity (Wildman–Crippen MR) is 122 cm³/mol. The lowest BCUT2D eigenvalue weighted by molar-refractivity contribution is 0.442. The van der Waals surface area contributed by atoms with Crippen LogP contribution in [-0.4, -0.2) is 46.1 Å². The molecule has 3 aromatic heterocycles. The molecule has 4 aromatic rings. The Morgan fingerprint density at radius 1 is 1.33 bits per heavy atom. The van der Waals surface area contributed by atoms with E-state index < -0.39 is 0 Å². The number of H-pyrrole nitrogens is 1. The molecule has 4 heterocycles. The van der Waals surface area contributed by atoms with E-state index in [-0.39, 0.29) is 29.0 Å². The molecule has 9 nitrogen and oxygen atoms in total. The maximum atomic E-state index is 14.4. The Hall–Kier alpha value is -3.97. The van der Waals surface area contributed by atoms with Crippen LogP contribution >= 0.6 is 0 Å². The number of rotatable bonds is 4. The third kappa shape index (κ3) is 3.12. The fourth-order valence-corrected chi connectivity index (χ4v) is 4.75. The number of ether oxygens (including phenoxy) is 1. The van der Waals surface area contributed by atoms with Crippen LogP contribution in [0.3, 0.4) is 0 Å². The number of hydrogen-bond donors (Lipinski definition) is 3. The summed E-state index contributed by atoms with van der Waals surface area (Å²) in [5.41, 5.74) is 8.79. The first kappa shape index (κ1) is 19.7. The highest BCUT2D eigenvalue weighted by molar-refractivity contribution is 6.14. The molecule has 33 heavy (non-hydrogen) atoms. The minimum absolute atomic E-state index is 0.0596. The third-order valence-electron chi connectivity index (χ3n) is 6.72. The first-order chi connectivity index (χ1) is 16.0. The standard InChI is InChI=1S/C23H21FN8O/c1-27-16-7-12(24)6-15-18-20(29-19(15)16)30-22(33-14-3-2-13(8-25)28-9-14)31-21(18)32-10-17(26)23(11-32)4-5-23/h2-3,6-7,9,17,27H,4-5,10-11,26H2,1H3,(H,29,30,31)/t17-/m0/s1. The van der Waals surface area contributed by atoms with Crippen molar-refractivity contribution in [3.63, 3.8) is 0 Å². The monoisotopic (exact) mass is 444 g/mol. The second-order valence-corrected chi connectivity index (χ2v) is 8.75. The number of hydrogen-bond acceptors (Lipinski definition) is 8. The van der Waals surface area contributed by atoms with E-state index >= 15 is 0 Å². The zero-order valence-electron chi connectivity index (χ0n) is 17.9. The second kappa shape index (κ2) is 7.02. The highest BCUT2D eigenvalue weighted by atomic mass is 19.1. The van der Waals surface area contributed by atoms with Crippen molar-refractivity contribution in [1.82, 2.24) is 19.9 Å². The van der Waals surface area contributed by atoms with Gasteiger partial charge in [-0.1, -0.05) is 0 Å². The maximum Gasteiger partial charge on any atom is 0.326 e. The molecule has 4 N–H and O–H groups in total. The lowest BCUT2D eigenvalue weighted by Crippen LogP contribution is -2.30. The number of halogens is 1. The van der Waals surface area contributed by atoms with E-state index in [9.17, 15) is 4.39 Å². The van der Waals surface area contributed by atoms with Gasteiger partial charge in [-0.05, 0) is 37.1 Å². The Labute approximate surface area is 188 Å². The minimum Gasteiger partial charge on any atom is -0.423 e. The van der Waals surface area contributed by atoms with Crippen LogP contribution in [0.15, 0.2) is 30.5 Å². The Balaban J connectivity index is 1.52. The molecule has 0 bridgehead atoms. The highest BCUT2D eigenvalue weighted by Crippen LogP contribution is 2.53. The van der Waals surface area contributed by atoms with Gasteiger partial charge in [-0.15, -0.1) is 0 Å². The largest absolute Gasteiger partial charge is 0.423 e. The average molecular weight is 444 g/mol. The SMILES string of the molecule is CNc1cc(F)cc2c1[nH]c1nc(Oc3ccc(C#N)nc3)nc(N3C[C@H](N)C4(CC4)C3)c12. The van der Waals surface area contributed by atoms with Crippen LogP contribution in [0, 0.1) is 22.6 Å². The van der Waals surface area contributed by atoms with Crippen molar-refractivity contribution in [2.75, 3.05) is 30.4 Å². The van der Waals surface area contributed by atoms with Crippen LogP contribution in [-0.2, 0) is 0 Å². The minimum atomic E-state index is -0.348. The zero-order chi connectivity index (χ0) is 22.7. The van der Waals surface area contributed by atoms with Gasteiger partial charge in [-0.3, -0.25) is 0 Å². The van der Waals surface area contributed by atoms with Crippen molar-refractivity contribution in [3.8, 4) is 17.8 Å². The maximum absolute atomic E-state index is 14.4. The van der Waals surface area contributed by atoms with Gasteiger partial charge in [0.25, 0.3) is 0 Å². The van der Waals surface area contributed by atoms with E-state index in [0.29, 0.717) is 34.8 Å². The van der Waals surface area contributed by atoms with Gasteiger partial charge in [-0.25, -0.2) is 9.37 Å². The normalized spacial score (nSPS) is 18.7. The van der Waals surface area contributed by atoms with Gasteiger partial charge >= 0.3 is 6.01 Å². The van der Waals surface area contributed by atoms with Gasteiger partial charge in [0.1, 0.15) is 34.8 Å². The molecule has 1 aromatic carbocycles. The molecule has 2 fully saturated rings. The lowest BCUT2D eigenvalue weighted by Gasteiger charge is -2.19. The van der Waals surface area contributed by atoms with Crippen LogP contribution in [0.5, 0.6) is 11.8 Å². The first-order valence-electron chi connectivity index (χ1n) is 10.7. The summed E-state index contributed by atoms with van der Waals surface area (Å²) >= 11 is 0. The number of fused-ring (bicyclic) bond motifs is 3. The summed E-state index contributed by atoms with van der Waals surface area (Å²) < 4.78 is 20.3. The Morgan fingerprint density at radius 3 is 2.85 bits per heavy atom. The number of benzene rings is 1. The van der Waals surface area contributed by atoms with Crippen LogP contribution in [0.4, 0.5) is 15.9 Å². The molecule has 2 aliphatic rings. The molecular formula is C23H21FN8O. The quantitative estimate of drug-likeness (QED) is 0.437. The zero-order valence-corrected chi connectivity index (χ0v) is 17.9. The van der Waals surface area contributed by atoms with Crippen LogP contribution in [0.2, 0.25) is 0 Å². The number of aromatic nitrogens is 4. The number of pyridine rings is 1. The van der Waals surface area contributed by atoms with Crippen molar-refractivity contribution in [2.45, 2.75) is 18.9 Å². The van der Waals surface area contributed by atoms with E-state index in [0.717, 1.165) is 30.3 Å². The van der Waals surface area contributed by atoms with E-state index in [2.05, 4.69) is 25.2 Å². The smallest absolute Gasteiger partial charge is 0.326 e. The van der Waals surface area contributed by atoms with E-state index in [4.69, 9.17) is 20.7 Å². The van der Waals surface area contributed by atoms with Crippen molar-refractivity contribution in [1.29, 1.82) is 5.26 Å². The summed E-state index contributed by atoms with van der Waals surface area (Å²) in [6.07, 6.45) is 3.66. The summed E-state index contributed by atoms with van der Waals surface area (Å²) in [6.45, 7) is 1.45. The van der Waals surface area contributed by atoms with E-state index in [1.807, 2.05) is 6.07 Å². The van der Waals surface area contributed by atoms with Gasteiger partial charge in [0.05, 0.1) is 22.8 Å². The van der Waals surface area contributed by atoms with Gasteiger partial charge in [0, 0.05) is 37.0 Å². The topological polar surface area (TPSA) is 129 Å². The van der Waals surface area contributed by atoms with Gasteiger partial charge in [0.2, 0.25) is 0 Å². The van der Waals surface area contributed by atoms with Crippen molar-refractivity contribution < 1.29 is 9.13 Å². The fraction of sp³-hybridized carbons (Fsp3) is 0.304. The molecule has 0 radical (unpaired) electrons. The molecule has 1 atom stereocenters. The molecular weight excluding hydrogens is 423 g/mol. The Bertz CT molecular complexity index is 1440. The van der Waals surface area contributed by atoms with Crippen LogP contribution < -0.4 is 20.7 Å². The van der Waals surface area contributed by atoms with Crippen LogP contribution in [0.1, 0.15) is 18.5 Å². The second-order valence-electron chi connectivity index (χ2n) is 8.75. The van der Waals surface area contributed by atoms with Gasteiger partial charge < -0.3 is 25.7 Å². The molecule has 1 saturated heterocycles. The predicted octanol–water partition coefficient (Wildman–Crippen LogP) is 3.28. The number of nitrogens with two attached hydrogens (primary N) is 1. The summed E-state index contributed by atoms with van der Waals surface area (Å²) in [6, 6.07) is 8.31. The third-order valence-corrected chi connectivity index (χ3v) is 6.72. The molecule has 1 spiro atoms. The molecule has 1 aliphatic heterocycles. The summed E-state index contributed by atoms with van der Waals surface area (Å²) in [7, 11) is 1.75. The molecule has 10 heteroatoms. The molecule has 1 aliphatic carbocycles. The van der Waals surface area contributed by atoms with E-state index in [1.54, 1.807) is 19.2 Å². The molecule has 0 unspecified atom stereocenters. The highest BCUT2D eigenvalue weighted by Gasteiger charge is 2.54. The molecule has 166 valence electrons. The van der Waals surface area contributed by atoms with Gasteiger partial charge in [0.15, 0.2) is 0 Å². The number of aromatic amines is 1. The van der Waals surface area contributed by atoms with E-state index in [1.165, 1.54) is 18.3 Å². The van der Waals surface area contributed by atoms with Crippen molar-refractivity contribution >= 4 is 33.4 Å². The fourth-order valence-electron chi connectivity index (χ4n) is 4.75. The Morgan fingerprint density at radius 2 is 2.18 bits per heavy atom. The van der Waals surface area contributed by atoms with Crippen molar-refractivity contribution in [2.24, 2.45) is 11.1 Å². The summed E-state index contributed by atoms with van der Waals surface area (Å²) in [5.74, 6) is 0.725. The lowest BCUT2D eigenvalue weighted by atomic mass is 10.0. The first-order valence-corrected chi connectivity index (χ1v) is 10.7. The molecule has 1 saturated carbocycles. The number of nitrogens with zero attached hydrogens (tertiary/aromatic N) is 5. The van der Waals surface area contributed by atoms with Crippen molar-refractivity contribution in [3.05, 3.63) is 42.0 Å². The number of nitrogens with one attached hydrogen (secondary N) is 2. The van der Waals surface area contributed by atoms with Gasteiger partial charge in [-0.2, -0.15) is 15.2 Å². The summed E-state index contributed by atoms with van der Waals surface area (Å²) in [4.78, 5) is 18.8. The Kier molecular flexibility index (Phi) is 4.19. The number of anilines is 2. The summed E-state index contributed by atoms with van der Waals surface area (Å²) in [5, 5.41) is 13.4. The average Bonchev–Trinajstić information content (AvgIpc) is 3.40.